The van der Waals surface area contributed by atoms with Gasteiger partial charge in [0.2, 0.25) is 0 Å². The number of hydrogen-bond donors (Lipinski definition) is 1. The topological polar surface area (TPSA) is 54.4 Å². The van der Waals surface area contributed by atoms with E-state index >= 15 is 0 Å². The first kappa shape index (κ1) is 21.7. The Kier molecular flexibility index (Phi) is 8.73. The molecule has 1 unspecified atom stereocenters. The summed E-state index contributed by atoms with van der Waals surface area (Å²) >= 11 is 2.05. The molecule has 2 heterocycles. The summed E-state index contributed by atoms with van der Waals surface area (Å²) < 4.78 is 16.8. The highest BCUT2D eigenvalue weighted by molar-refractivity contribution is 7.99. The van der Waals surface area contributed by atoms with Crippen molar-refractivity contribution in [2.75, 3.05) is 65.1 Å². The van der Waals surface area contributed by atoms with Crippen LogP contribution >= 0.6 is 11.8 Å². The lowest BCUT2D eigenvalue weighted by atomic mass is 10.1. The van der Waals surface area contributed by atoms with Crippen molar-refractivity contribution in [3.8, 4) is 11.5 Å². The number of rotatable bonds is 9. The van der Waals surface area contributed by atoms with E-state index in [1.807, 2.05) is 12.1 Å². The number of ether oxygens (including phenoxy) is 3. The van der Waals surface area contributed by atoms with E-state index in [0.29, 0.717) is 24.1 Å². The number of aliphatic hydroxyl groups excluding tert-OH is 1. The van der Waals surface area contributed by atoms with Crippen LogP contribution < -0.4 is 9.47 Å². The molecule has 6 nitrogen and oxygen atoms in total. The van der Waals surface area contributed by atoms with Crippen molar-refractivity contribution in [1.82, 2.24) is 9.80 Å². The first-order valence-corrected chi connectivity index (χ1v) is 11.4. The molecule has 1 aromatic carbocycles. The highest BCUT2D eigenvalue weighted by atomic mass is 32.2. The fraction of sp³-hybridized carbons (Fsp3) is 0.714. The fourth-order valence-corrected chi connectivity index (χ4v) is 4.88. The average Bonchev–Trinajstić information content (AvgIpc) is 2.73. The number of methoxy groups -OCH3 is 1. The normalized spacial score (nSPS) is 20.3. The van der Waals surface area contributed by atoms with Crippen LogP contribution in [0.4, 0.5) is 0 Å². The molecule has 2 aliphatic heterocycles. The summed E-state index contributed by atoms with van der Waals surface area (Å²) in [7, 11) is 3.86. The number of nitrogens with zero attached hydrogens (tertiary/aromatic N) is 2. The second kappa shape index (κ2) is 11.3. The van der Waals surface area contributed by atoms with E-state index in [1.54, 1.807) is 7.11 Å². The third-order valence-corrected chi connectivity index (χ3v) is 6.53. The predicted octanol–water partition coefficient (Wildman–Crippen LogP) is 2.09. The molecule has 0 radical (unpaired) electrons. The molecular weight excluding hydrogens is 376 g/mol. The van der Waals surface area contributed by atoms with Crippen LogP contribution in [0.1, 0.15) is 18.4 Å². The third-order valence-electron chi connectivity index (χ3n) is 5.48. The molecule has 28 heavy (non-hydrogen) atoms. The van der Waals surface area contributed by atoms with E-state index in [2.05, 4.69) is 34.7 Å². The zero-order valence-corrected chi connectivity index (χ0v) is 18.0. The molecule has 2 aliphatic rings. The maximum atomic E-state index is 10.4. The van der Waals surface area contributed by atoms with Gasteiger partial charge in [0.1, 0.15) is 12.7 Å². The maximum absolute atomic E-state index is 10.4. The number of thioether (sulfide) groups is 1. The second-order valence-corrected chi connectivity index (χ2v) is 8.85. The van der Waals surface area contributed by atoms with E-state index in [-0.39, 0.29) is 6.61 Å². The number of β-amino-alcohol motifs (C(OH)–C–C–N with tert-alkyl or cyclic N) is 1. The van der Waals surface area contributed by atoms with Gasteiger partial charge in [-0.15, -0.1) is 0 Å². The van der Waals surface area contributed by atoms with Gasteiger partial charge in [-0.3, -0.25) is 9.80 Å². The van der Waals surface area contributed by atoms with Crippen molar-refractivity contribution in [3.63, 3.8) is 0 Å². The minimum Gasteiger partial charge on any atom is -0.493 e. The molecule has 2 fully saturated rings. The summed E-state index contributed by atoms with van der Waals surface area (Å²) in [5, 5.41) is 10.4. The minimum atomic E-state index is -0.533. The molecule has 2 saturated heterocycles. The van der Waals surface area contributed by atoms with Crippen LogP contribution in [-0.4, -0.2) is 92.2 Å². The smallest absolute Gasteiger partial charge is 0.161 e. The van der Waals surface area contributed by atoms with Crippen molar-refractivity contribution >= 4 is 11.8 Å². The van der Waals surface area contributed by atoms with Crippen LogP contribution in [0, 0.1) is 0 Å². The molecule has 0 saturated carbocycles. The summed E-state index contributed by atoms with van der Waals surface area (Å²) in [5.74, 6) is 3.92. The number of benzene rings is 1. The van der Waals surface area contributed by atoms with Crippen LogP contribution in [0.15, 0.2) is 18.2 Å². The Hall–Kier alpha value is -0.990. The second-order valence-electron chi connectivity index (χ2n) is 7.62. The van der Waals surface area contributed by atoms with Crippen LogP contribution in [-0.2, 0) is 11.3 Å². The maximum Gasteiger partial charge on any atom is 0.161 e. The van der Waals surface area contributed by atoms with Crippen molar-refractivity contribution < 1.29 is 19.3 Å². The molecule has 7 heteroatoms. The Morgan fingerprint density at radius 2 is 2.00 bits per heavy atom. The molecule has 158 valence electrons. The summed E-state index contributed by atoms with van der Waals surface area (Å²) in [6, 6.07) is 6.77. The zero-order valence-electron chi connectivity index (χ0n) is 17.1. The van der Waals surface area contributed by atoms with E-state index in [9.17, 15) is 5.11 Å². The van der Waals surface area contributed by atoms with Gasteiger partial charge in [0, 0.05) is 32.2 Å². The van der Waals surface area contributed by atoms with E-state index < -0.39 is 6.10 Å². The van der Waals surface area contributed by atoms with E-state index in [1.165, 1.54) is 29.9 Å². The summed E-state index contributed by atoms with van der Waals surface area (Å²) in [6.07, 6.45) is 1.98. The standard InChI is InChI=1S/C21H34N2O4S/c1-22(18-5-11-28-12-6-18)14-17-3-4-20(25-2)21(13-17)27-16-19(24)15-23-7-9-26-10-8-23/h3-4,13,18-19,24H,5-12,14-16H2,1-2H3. The molecule has 0 aliphatic carbocycles. The molecule has 0 bridgehead atoms. The summed E-state index contributed by atoms with van der Waals surface area (Å²) in [5.41, 5.74) is 1.21. The molecule has 0 amide bonds. The van der Waals surface area contributed by atoms with Gasteiger partial charge >= 0.3 is 0 Å². The van der Waals surface area contributed by atoms with Crippen LogP contribution in [0.2, 0.25) is 0 Å². The molecule has 0 aromatic heterocycles. The molecule has 3 rings (SSSR count). The number of morpholine rings is 1. The fourth-order valence-electron chi connectivity index (χ4n) is 3.80. The third kappa shape index (κ3) is 6.52. The SMILES string of the molecule is COc1ccc(CN(C)C2CCSCC2)cc1OCC(O)CN1CCOCC1. The van der Waals surface area contributed by atoms with Gasteiger partial charge in [0.15, 0.2) is 11.5 Å². The first-order valence-electron chi connectivity index (χ1n) is 10.2. The highest BCUT2D eigenvalue weighted by Crippen LogP contribution is 2.29. The Morgan fingerprint density at radius 1 is 1.25 bits per heavy atom. The van der Waals surface area contributed by atoms with Gasteiger partial charge in [-0.25, -0.2) is 0 Å². The summed E-state index contributed by atoms with van der Waals surface area (Å²) in [4.78, 5) is 4.65. The largest absolute Gasteiger partial charge is 0.493 e. The Morgan fingerprint density at radius 3 is 2.71 bits per heavy atom. The van der Waals surface area contributed by atoms with Crippen LogP contribution in [0.3, 0.4) is 0 Å². The number of aliphatic hydroxyl groups is 1. The Balaban J connectivity index is 1.54. The van der Waals surface area contributed by atoms with Gasteiger partial charge in [0.25, 0.3) is 0 Å². The van der Waals surface area contributed by atoms with Gasteiger partial charge in [-0.2, -0.15) is 11.8 Å². The number of hydrogen-bond acceptors (Lipinski definition) is 7. The lowest BCUT2D eigenvalue weighted by Gasteiger charge is -2.31. The van der Waals surface area contributed by atoms with Crippen LogP contribution in [0.5, 0.6) is 11.5 Å². The van der Waals surface area contributed by atoms with Crippen molar-refractivity contribution in [1.29, 1.82) is 0 Å². The average molecular weight is 411 g/mol. The predicted molar refractivity (Wildman–Crippen MR) is 114 cm³/mol. The molecular formula is C21H34N2O4S. The van der Waals surface area contributed by atoms with E-state index in [4.69, 9.17) is 14.2 Å². The van der Waals surface area contributed by atoms with E-state index in [0.717, 1.165) is 32.8 Å². The van der Waals surface area contributed by atoms with Gasteiger partial charge in [0.05, 0.1) is 20.3 Å². The van der Waals surface area contributed by atoms with Gasteiger partial charge < -0.3 is 19.3 Å². The zero-order chi connectivity index (χ0) is 19.8. The Labute approximate surface area is 173 Å². The molecule has 1 atom stereocenters. The van der Waals surface area contributed by atoms with Crippen molar-refractivity contribution in [2.24, 2.45) is 0 Å². The summed E-state index contributed by atoms with van der Waals surface area (Å²) in [6.45, 7) is 4.95. The van der Waals surface area contributed by atoms with Crippen LogP contribution in [0.25, 0.3) is 0 Å². The Bertz CT molecular complexity index is 592. The van der Waals surface area contributed by atoms with Gasteiger partial charge in [-0.05, 0) is 49.1 Å². The van der Waals surface area contributed by atoms with Gasteiger partial charge in [-0.1, -0.05) is 6.07 Å². The quantitative estimate of drug-likeness (QED) is 0.669. The molecule has 0 spiro atoms. The lowest BCUT2D eigenvalue weighted by Crippen LogP contribution is -2.42. The first-order chi connectivity index (χ1) is 13.7. The van der Waals surface area contributed by atoms with Crippen molar-refractivity contribution in [2.45, 2.75) is 31.5 Å². The minimum absolute atomic E-state index is 0.257. The molecule has 1 N–H and O–H groups in total. The highest BCUT2D eigenvalue weighted by Gasteiger charge is 2.19. The lowest BCUT2D eigenvalue weighted by molar-refractivity contribution is 0.00444. The van der Waals surface area contributed by atoms with Crippen molar-refractivity contribution in [3.05, 3.63) is 23.8 Å². The molecule has 1 aromatic rings. The monoisotopic (exact) mass is 410 g/mol.